The van der Waals surface area contributed by atoms with E-state index in [0.717, 1.165) is 45.9 Å². The molecule has 1 heterocycles. The number of furan rings is 1. The molecule has 10 aromatic rings. The van der Waals surface area contributed by atoms with E-state index in [1.54, 1.807) is 0 Å². The van der Waals surface area contributed by atoms with E-state index < -0.39 is 0 Å². The summed E-state index contributed by atoms with van der Waals surface area (Å²) >= 11 is 0. The molecule has 270 valence electrons. The van der Waals surface area contributed by atoms with Crippen LogP contribution in [0.4, 0.5) is 0 Å². The van der Waals surface area contributed by atoms with E-state index in [0.29, 0.717) is 0 Å². The molecule has 0 spiro atoms. The van der Waals surface area contributed by atoms with Crippen molar-refractivity contribution in [2.24, 2.45) is 0 Å². The molecule has 1 heteroatoms. The zero-order chi connectivity index (χ0) is 38.0. The molecule has 0 bridgehead atoms. The van der Waals surface area contributed by atoms with Crippen molar-refractivity contribution in [1.82, 2.24) is 0 Å². The van der Waals surface area contributed by atoms with E-state index in [2.05, 4.69) is 218 Å². The third-order valence-electron chi connectivity index (χ3n) is 11.2. The molecule has 0 amide bonds. The molecule has 9 aromatic carbocycles. The first-order valence-electron chi connectivity index (χ1n) is 19.8. The Bertz CT molecular complexity index is 2970. The highest BCUT2D eigenvalue weighted by Crippen LogP contribution is 2.42. The minimum Gasteiger partial charge on any atom is -0.455 e. The Hall–Kier alpha value is -7.22. The fraction of sp³-hybridized carbons (Fsp3) is 0.0357. The molecule has 0 saturated heterocycles. The molecule has 0 unspecified atom stereocenters. The lowest BCUT2D eigenvalue weighted by molar-refractivity contribution is 0.670. The largest absolute Gasteiger partial charge is 0.455 e. The van der Waals surface area contributed by atoms with E-state index >= 15 is 0 Å². The van der Waals surface area contributed by atoms with Crippen LogP contribution < -0.4 is 0 Å². The van der Waals surface area contributed by atoms with Crippen LogP contribution in [0.3, 0.4) is 0 Å². The van der Waals surface area contributed by atoms with Crippen molar-refractivity contribution in [1.29, 1.82) is 0 Å². The van der Waals surface area contributed by atoms with Crippen LogP contribution in [0.15, 0.2) is 223 Å². The first kappa shape index (κ1) is 34.3. The lowest BCUT2D eigenvalue weighted by Crippen LogP contribution is -1.92. The number of aryl methyl sites for hydroxylation is 2. The highest BCUT2D eigenvalue weighted by atomic mass is 16.3. The molecule has 0 atom stereocenters. The molecule has 0 fully saturated rings. The highest BCUT2D eigenvalue weighted by Gasteiger charge is 2.17. The summed E-state index contributed by atoms with van der Waals surface area (Å²) in [6.07, 6.45) is 1.92. The fourth-order valence-electron chi connectivity index (χ4n) is 8.13. The highest BCUT2D eigenvalue weighted by molar-refractivity contribution is 6.12. The van der Waals surface area contributed by atoms with Crippen molar-refractivity contribution in [3.05, 3.63) is 230 Å². The van der Waals surface area contributed by atoms with Crippen molar-refractivity contribution in [2.75, 3.05) is 0 Å². The predicted octanol–water partition coefficient (Wildman–Crippen LogP) is 15.4. The van der Waals surface area contributed by atoms with Gasteiger partial charge < -0.3 is 4.42 Å². The van der Waals surface area contributed by atoms with Gasteiger partial charge in [-0.2, -0.15) is 0 Å². The Balaban J connectivity index is 1.05. The van der Waals surface area contributed by atoms with Gasteiger partial charge in [0.05, 0.1) is 0 Å². The minimum atomic E-state index is 0.888. The van der Waals surface area contributed by atoms with Crippen LogP contribution >= 0.6 is 0 Å². The maximum atomic E-state index is 6.82. The standard InChI is InChI=1S/C56H40O/c1-4-14-41(15-5-1)44-29-27-39(28-30-44)25-26-40-13-10-24-50(33-40)52-37-51(48-23-12-21-46(35-48)43-18-8-3-9-19-43)38-54-53-36-49(31-32-55(53)57-56(52)54)47-22-11-20-45(34-47)42-16-6-2-7-17-42/h1-24,27-38H,25-26H2. The summed E-state index contributed by atoms with van der Waals surface area (Å²) in [6.45, 7) is 0. The summed E-state index contributed by atoms with van der Waals surface area (Å²) in [5, 5.41) is 2.23. The molecule has 10 rings (SSSR count). The van der Waals surface area contributed by atoms with Gasteiger partial charge in [0.25, 0.3) is 0 Å². The third-order valence-corrected chi connectivity index (χ3v) is 11.2. The SMILES string of the molecule is c1ccc(-c2ccc(CCc3cccc(-c4cc(-c5cccc(-c6ccccc6)c5)cc5c4oc4ccc(-c6cccc(-c7ccccc7)c6)cc45)c3)cc2)cc1. The Labute approximate surface area is 334 Å². The zero-order valence-electron chi connectivity index (χ0n) is 31.6. The molecule has 0 aliphatic heterocycles. The van der Waals surface area contributed by atoms with Crippen LogP contribution in [-0.2, 0) is 12.8 Å². The van der Waals surface area contributed by atoms with Gasteiger partial charge in [0, 0.05) is 16.3 Å². The van der Waals surface area contributed by atoms with Crippen molar-refractivity contribution in [2.45, 2.75) is 12.8 Å². The second kappa shape index (κ2) is 15.1. The van der Waals surface area contributed by atoms with Gasteiger partial charge in [-0.3, -0.25) is 0 Å². The number of hydrogen-bond donors (Lipinski definition) is 0. The van der Waals surface area contributed by atoms with Gasteiger partial charge in [0.15, 0.2) is 0 Å². The van der Waals surface area contributed by atoms with Crippen molar-refractivity contribution in [3.63, 3.8) is 0 Å². The van der Waals surface area contributed by atoms with E-state index in [-0.39, 0.29) is 0 Å². The smallest absolute Gasteiger partial charge is 0.143 e. The van der Waals surface area contributed by atoms with E-state index in [1.807, 2.05) is 0 Å². The van der Waals surface area contributed by atoms with Gasteiger partial charge in [-0.15, -0.1) is 0 Å². The molecular formula is C56H40O. The van der Waals surface area contributed by atoms with E-state index in [4.69, 9.17) is 4.42 Å². The van der Waals surface area contributed by atoms with Crippen LogP contribution in [0, 0.1) is 0 Å². The molecule has 0 saturated carbocycles. The molecule has 0 radical (unpaired) electrons. The molecule has 1 aromatic heterocycles. The number of hydrogen-bond acceptors (Lipinski definition) is 1. The zero-order valence-corrected chi connectivity index (χ0v) is 31.6. The summed E-state index contributed by atoms with van der Waals surface area (Å²) in [5.74, 6) is 0. The van der Waals surface area contributed by atoms with Gasteiger partial charge in [-0.25, -0.2) is 0 Å². The van der Waals surface area contributed by atoms with Crippen LogP contribution in [0.5, 0.6) is 0 Å². The first-order valence-corrected chi connectivity index (χ1v) is 19.8. The average Bonchev–Trinajstić information content (AvgIpc) is 3.67. The Morgan fingerprint density at radius 1 is 0.263 bits per heavy atom. The van der Waals surface area contributed by atoms with Crippen LogP contribution in [-0.4, -0.2) is 0 Å². The van der Waals surface area contributed by atoms with Gasteiger partial charge in [0.1, 0.15) is 11.2 Å². The second-order valence-corrected chi connectivity index (χ2v) is 14.9. The third kappa shape index (κ3) is 7.08. The molecule has 0 aliphatic carbocycles. The van der Waals surface area contributed by atoms with Crippen LogP contribution in [0.25, 0.3) is 88.7 Å². The predicted molar refractivity (Wildman–Crippen MR) is 240 cm³/mol. The van der Waals surface area contributed by atoms with Gasteiger partial charge >= 0.3 is 0 Å². The maximum Gasteiger partial charge on any atom is 0.143 e. The Morgan fingerprint density at radius 3 is 1.33 bits per heavy atom. The summed E-state index contributed by atoms with van der Waals surface area (Å²) in [5.41, 5.74) is 18.7. The molecule has 1 nitrogen and oxygen atoms in total. The molecule has 57 heavy (non-hydrogen) atoms. The van der Waals surface area contributed by atoms with Gasteiger partial charge in [0.2, 0.25) is 0 Å². The second-order valence-electron chi connectivity index (χ2n) is 14.9. The van der Waals surface area contributed by atoms with E-state index in [1.165, 1.54) is 66.8 Å². The minimum absolute atomic E-state index is 0.888. The van der Waals surface area contributed by atoms with Gasteiger partial charge in [-0.1, -0.05) is 182 Å². The topological polar surface area (TPSA) is 13.1 Å². The van der Waals surface area contributed by atoms with Crippen molar-refractivity contribution in [3.8, 4) is 66.8 Å². The van der Waals surface area contributed by atoms with Crippen LogP contribution in [0.2, 0.25) is 0 Å². The summed E-state index contributed by atoms with van der Waals surface area (Å²) in [6, 6.07) is 78.8. The lowest BCUT2D eigenvalue weighted by atomic mass is 9.92. The quantitative estimate of drug-likeness (QED) is 0.144. The first-order chi connectivity index (χ1) is 28.2. The monoisotopic (exact) mass is 728 g/mol. The molecule has 0 aliphatic rings. The van der Waals surface area contributed by atoms with Crippen molar-refractivity contribution < 1.29 is 4.42 Å². The number of benzene rings is 9. The number of fused-ring (bicyclic) bond motifs is 3. The normalized spacial score (nSPS) is 11.3. The molecular weight excluding hydrogens is 689 g/mol. The Morgan fingerprint density at radius 2 is 0.702 bits per heavy atom. The summed E-state index contributed by atoms with van der Waals surface area (Å²) in [4.78, 5) is 0. The Kier molecular flexibility index (Phi) is 9.10. The summed E-state index contributed by atoms with van der Waals surface area (Å²) < 4.78 is 6.82. The average molecular weight is 729 g/mol. The molecule has 0 N–H and O–H groups in total. The van der Waals surface area contributed by atoms with Gasteiger partial charge in [-0.05, 0) is 122 Å². The van der Waals surface area contributed by atoms with Crippen molar-refractivity contribution >= 4 is 21.9 Å². The van der Waals surface area contributed by atoms with E-state index in [9.17, 15) is 0 Å². The lowest BCUT2D eigenvalue weighted by Gasteiger charge is -2.11. The maximum absolute atomic E-state index is 6.82. The summed E-state index contributed by atoms with van der Waals surface area (Å²) in [7, 11) is 0. The fourth-order valence-corrected chi connectivity index (χ4v) is 8.13. The van der Waals surface area contributed by atoms with Crippen LogP contribution in [0.1, 0.15) is 11.1 Å². The number of rotatable bonds is 9.